The topological polar surface area (TPSA) is 21.3 Å². The van der Waals surface area contributed by atoms with Gasteiger partial charge in [0, 0.05) is 12.6 Å². The van der Waals surface area contributed by atoms with E-state index < -0.39 is 0 Å². The van der Waals surface area contributed by atoms with Crippen LogP contribution in [0.1, 0.15) is 60.8 Å². The highest BCUT2D eigenvalue weighted by Gasteiger charge is 2.16. The lowest BCUT2D eigenvalue weighted by molar-refractivity contribution is 0.0767. The molecule has 0 aromatic carbocycles. The molecule has 0 aliphatic rings. The molecule has 0 fully saturated rings. The van der Waals surface area contributed by atoms with Gasteiger partial charge in [0.2, 0.25) is 0 Å². The highest BCUT2D eigenvalue weighted by molar-refractivity contribution is 4.72. The van der Waals surface area contributed by atoms with Crippen LogP contribution in [0.4, 0.5) is 0 Å². The van der Waals surface area contributed by atoms with Crippen LogP contribution in [0.2, 0.25) is 0 Å². The van der Waals surface area contributed by atoms with Crippen LogP contribution < -0.4 is 5.32 Å². The van der Waals surface area contributed by atoms with Gasteiger partial charge < -0.3 is 10.1 Å². The first-order valence-corrected chi connectivity index (χ1v) is 7.21. The van der Waals surface area contributed by atoms with Gasteiger partial charge in [0.25, 0.3) is 0 Å². The average molecular weight is 243 g/mol. The van der Waals surface area contributed by atoms with Crippen LogP contribution in [0.25, 0.3) is 0 Å². The third-order valence-corrected chi connectivity index (χ3v) is 3.28. The predicted octanol–water partition coefficient (Wildman–Crippen LogP) is 3.85. The molecule has 0 aromatic rings. The van der Waals surface area contributed by atoms with Gasteiger partial charge in [0.1, 0.15) is 0 Å². The molecular weight excluding hydrogens is 210 g/mol. The third kappa shape index (κ3) is 9.61. The number of rotatable bonds is 9. The number of ether oxygens (including phenoxy) is 1. The van der Waals surface area contributed by atoms with Gasteiger partial charge in [-0.2, -0.15) is 0 Å². The third-order valence-electron chi connectivity index (χ3n) is 3.28. The van der Waals surface area contributed by atoms with Crippen LogP contribution in [0, 0.1) is 11.3 Å². The van der Waals surface area contributed by atoms with Crippen molar-refractivity contribution in [3.8, 4) is 0 Å². The molecule has 0 saturated heterocycles. The molecule has 17 heavy (non-hydrogen) atoms. The Morgan fingerprint density at radius 2 is 1.82 bits per heavy atom. The fourth-order valence-corrected chi connectivity index (χ4v) is 1.63. The van der Waals surface area contributed by atoms with Crippen molar-refractivity contribution in [2.75, 3.05) is 19.8 Å². The summed E-state index contributed by atoms with van der Waals surface area (Å²) in [4.78, 5) is 0. The molecule has 0 saturated carbocycles. The van der Waals surface area contributed by atoms with Gasteiger partial charge in [0.15, 0.2) is 0 Å². The van der Waals surface area contributed by atoms with Crippen molar-refractivity contribution < 1.29 is 4.74 Å². The van der Waals surface area contributed by atoms with E-state index in [4.69, 9.17) is 4.74 Å². The molecule has 2 atom stereocenters. The second-order valence-corrected chi connectivity index (χ2v) is 6.33. The van der Waals surface area contributed by atoms with Gasteiger partial charge in [-0.3, -0.25) is 0 Å². The first-order chi connectivity index (χ1) is 7.90. The van der Waals surface area contributed by atoms with Crippen molar-refractivity contribution in [2.45, 2.75) is 66.8 Å². The van der Waals surface area contributed by atoms with Crippen molar-refractivity contribution in [3.63, 3.8) is 0 Å². The Labute approximate surface area is 109 Å². The normalized spacial score (nSPS) is 15.9. The van der Waals surface area contributed by atoms with Gasteiger partial charge in [-0.25, -0.2) is 0 Å². The first kappa shape index (κ1) is 16.9. The molecule has 1 N–H and O–H groups in total. The molecule has 2 nitrogen and oxygen atoms in total. The van der Waals surface area contributed by atoms with E-state index in [1.165, 1.54) is 12.8 Å². The van der Waals surface area contributed by atoms with Crippen molar-refractivity contribution in [1.29, 1.82) is 0 Å². The van der Waals surface area contributed by atoms with Crippen LogP contribution in [0.5, 0.6) is 0 Å². The summed E-state index contributed by atoms with van der Waals surface area (Å²) < 4.78 is 5.83. The fraction of sp³-hybridized carbons (Fsp3) is 1.00. The van der Waals surface area contributed by atoms with Gasteiger partial charge >= 0.3 is 0 Å². The van der Waals surface area contributed by atoms with E-state index in [1.807, 2.05) is 0 Å². The monoisotopic (exact) mass is 243 g/mol. The lowest BCUT2D eigenvalue weighted by Crippen LogP contribution is -2.39. The zero-order valence-electron chi connectivity index (χ0n) is 12.8. The first-order valence-electron chi connectivity index (χ1n) is 7.21. The lowest BCUT2D eigenvalue weighted by atomic mass is 9.93. The van der Waals surface area contributed by atoms with Gasteiger partial charge in [0.05, 0.1) is 6.61 Å². The molecule has 0 aromatic heterocycles. The highest BCUT2D eigenvalue weighted by Crippen LogP contribution is 2.18. The molecule has 0 heterocycles. The number of hydrogen-bond acceptors (Lipinski definition) is 2. The summed E-state index contributed by atoms with van der Waals surface area (Å²) in [5.41, 5.74) is 0.378. The minimum absolute atomic E-state index is 0.378. The van der Waals surface area contributed by atoms with Crippen molar-refractivity contribution in [1.82, 2.24) is 5.32 Å². The van der Waals surface area contributed by atoms with Gasteiger partial charge in [-0.05, 0) is 30.7 Å². The Morgan fingerprint density at radius 1 is 1.18 bits per heavy atom. The predicted molar refractivity (Wildman–Crippen MR) is 76.4 cm³/mol. The second-order valence-electron chi connectivity index (χ2n) is 6.33. The zero-order valence-corrected chi connectivity index (χ0v) is 12.8. The molecule has 0 aliphatic carbocycles. The van der Waals surface area contributed by atoms with Gasteiger partial charge in [-0.1, -0.05) is 48.0 Å². The largest absolute Gasteiger partial charge is 0.380 e. The summed E-state index contributed by atoms with van der Waals surface area (Å²) in [6.07, 6.45) is 3.53. The Morgan fingerprint density at radius 3 is 2.29 bits per heavy atom. The zero-order chi connectivity index (χ0) is 13.3. The van der Waals surface area contributed by atoms with E-state index >= 15 is 0 Å². The van der Waals surface area contributed by atoms with Crippen LogP contribution in [-0.2, 0) is 4.74 Å². The molecule has 2 heteroatoms. The summed E-state index contributed by atoms with van der Waals surface area (Å²) in [5, 5.41) is 3.59. The summed E-state index contributed by atoms with van der Waals surface area (Å²) in [7, 11) is 0. The van der Waals surface area contributed by atoms with Crippen LogP contribution in [0.15, 0.2) is 0 Å². The molecule has 0 radical (unpaired) electrons. The maximum absolute atomic E-state index is 5.83. The van der Waals surface area contributed by atoms with Crippen molar-refractivity contribution in [2.24, 2.45) is 11.3 Å². The van der Waals surface area contributed by atoms with Crippen LogP contribution in [-0.4, -0.2) is 25.8 Å². The van der Waals surface area contributed by atoms with E-state index in [0.29, 0.717) is 17.4 Å². The fourth-order valence-electron chi connectivity index (χ4n) is 1.63. The van der Waals surface area contributed by atoms with E-state index in [2.05, 4.69) is 46.9 Å². The molecular formula is C15H33NO. The molecule has 2 unspecified atom stereocenters. The average Bonchev–Trinajstić information content (AvgIpc) is 2.25. The lowest BCUT2D eigenvalue weighted by Gasteiger charge is -2.25. The van der Waals surface area contributed by atoms with Crippen LogP contribution in [0.3, 0.4) is 0 Å². The van der Waals surface area contributed by atoms with E-state index in [-0.39, 0.29) is 0 Å². The maximum atomic E-state index is 5.83. The van der Waals surface area contributed by atoms with Crippen LogP contribution >= 0.6 is 0 Å². The minimum Gasteiger partial charge on any atom is -0.380 e. The van der Waals surface area contributed by atoms with Crippen molar-refractivity contribution in [3.05, 3.63) is 0 Å². The Balaban J connectivity index is 3.83. The standard InChI is InChI=1S/C15H33NO/c1-7-10-16-14(13(3)8-2)12-17-11-9-15(4,5)6/h13-14,16H,7-12H2,1-6H3. The Hall–Kier alpha value is -0.0800. The minimum atomic E-state index is 0.378. The summed E-state index contributed by atoms with van der Waals surface area (Å²) in [5.74, 6) is 0.691. The summed E-state index contributed by atoms with van der Waals surface area (Å²) in [6.45, 7) is 16.4. The maximum Gasteiger partial charge on any atom is 0.0622 e. The second kappa shape index (κ2) is 8.93. The molecule has 0 amide bonds. The number of nitrogens with one attached hydrogen (secondary N) is 1. The Kier molecular flexibility index (Phi) is 8.89. The molecule has 0 bridgehead atoms. The van der Waals surface area contributed by atoms with E-state index in [0.717, 1.165) is 26.2 Å². The van der Waals surface area contributed by atoms with Gasteiger partial charge in [-0.15, -0.1) is 0 Å². The Bertz CT molecular complexity index is 174. The smallest absolute Gasteiger partial charge is 0.0622 e. The number of hydrogen-bond donors (Lipinski definition) is 1. The summed E-state index contributed by atoms with van der Waals surface area (Å²) >= 11 is 0. The van der Waals surface area contributed by atoms with E-state index in [9.17, 15) is 0 Å². The molecule has 0 aliphatic heterocycles. The molecule has 0 rings (SSSR count). The summed E-state index contributed by atoms with van der Waals surface area (Å²) in [6, 6.07) is 0.514. The quantitative estimate of drug-likeness (QED) is 0.621. The SMILES string of the molecule is CCCNC(COCCC(C)(C)C)C(C)CC. The highest BCUT2D eigenvalue weighted by atomic mass is 16.5. The van der Waals surface area contributed by atoms with Crippen molar-refractivity contribution >= 4 is 0 Å². The van der Waals surface area contributed by atoms with E-state index in [1.54, 1.807) is 0 Å². The molecule has 104 valence electrons. The molecule has 0 spiro atoms.